The molecule has 1 aliphatic rings. The van der Waals surface area contributed by atoms with Gasteiger partial charge < -0.3 is 21.5 Å². The van der Waals surface area contributed by atoms with Crippen molar-refractivity contribution >= 4 is 51.5 Å². The summed E-state index contributed by atoms with van der Waals surface area (Å²) < 4.78 is 24.9. The Morgan fingerprint density at radius 2 is 2.00 bits per heavy atom. The van der Waals surface area contributed by atoms with E-state index < -0.39 is 29.6 Å². The van der Waals surface area contributed by atoms with Crippen LogP contribution < -0.4 is 21.7 Å². The SMILES string of the molecule is NC(=O)c1nsc(C(=O)N(c2ccccc2F)[C@H](C(=O)NC[C@@H]2CCCO2)c2ccc3ncccc3c2)c1N. The highest BCUT2D eigenvalue weighted by atomic mass is 32.1. The minimum atomic E-state index is -1.32. The zero-order chi connectivity index (χ0) is 27.5. The summed E-state index contributed by atoms with van der Waals surface area (Å²) in [6, 6.07) is 13.0. The molecule has 3 heterocycles. The Kier molecular flexibility index (Phi) is 7.48. The van der Waals surface area contributed by atoms with Crippen LogP contribution in [0.25, 0.3) is 10.9 Å². The fourth-order valence-electron chi connectivity index (χ4n) is 4.55. The third kappa shape index (κ3) is 5.29. The van der Waals surface area contributed by atoms with Crippen LogP contribution in [0.2, 0.25) is 0 Å². The Bertz CT molecular complexity index is 1550. The van der Waals surface area contributed by atoms with Gasteiger partial charge in [0, 0.05) is 24.7 Å². The van der Waals surface area contributed by atoms with Crippen molar-refractivity contribution in [2.45, 2.75) is 25.0 Å². The first-order chi connectivity index (χ1) is 18.8. The number of rotatable bonds is 8. The van der Waals surface area contributed by atoms with E-state index in [1.165, 1.54) is 18.2 Å². The zero-order valence-electron chi connectivity index (χ0n) is 20.7. The highest BCUT2D eigenvalue weighted by Gasteiger charge is 2.37. The molecule has 0 saturated carbocycles. The number of nitrogen functional groups attached to an aromatic ring is 1. The van der Waals surface area contributed by atoms with Crippen LogP contribution in [-0.2, 0) is 9.53 Å². The molecule has 39 heavy (non-hydrogen) atoms. The van der Waals surface area contributed by atoms with Crippen LogP contribution in [-0.4, -0.2) is 46.3 Å². The number of hydrogen-bond donors (Lipinski definition) is 3. The summed E-state index contributed by atoms with van der Waals surface area (Å²) in [5.74, 6) is -3.01. The van der Waals surface area contributed by atoms with Gasteiger partial charge in [-0.2, -0.15) is 4.37 Å². The molecule has 200 valence electrons. The fourth-order valence-corrected chi connectivity index (χ4v) is 5.29. The lowest BCUT2D eigenvalue weighted by Gasteiger charge is -2.32. The lowest BCUT2D eigenvalue weighted by molar-refractivity contribution is -0.123. The second kappa shape index (κ2) is 11.1. The van der Waals surface area contributed by atoms with Crippen molar-refractivity contribution in [1.29, 1.82) is 0 Å². The Morgan fingerprint density at radius 3 is 2.72 bits per heavy atom. The number of fused-ring (bicyclic) bond motifs is 1. The third-order valence-corrected chi connectivity index (χ3v) is 7.31. The van der Waals surface area contributed by atoms with Crippen molar-refractivity contribution in [3.8, 4) is 0 Å². The summed E-state index contributed by atoms with van der Waals surface area (Å²) in [5, 5.41) is 3.60. The summed E-state index contributed by atoms with van der Waals surface area (Å²) in [6.45, 7) is 0.826. The Balaban J connectivity index is 1.65. The molecule has 0 bridgehead atoms. The minimum absolute atomic E-state index is 0.147. The minimum Gasteiger partial charge on any atom is -0.395 e. The second-order valence-electron chi connectivity index (χ2n) is 9.00. The fraction of sp³-hybridized carbons (Fsp3) is 0.222. The molecule has 3 amide bonds. The highest BCUT2D eigenvalue weighted by molar-refractivity contribution is 7.09. The molecule has 0 radical (unpaired) electrons. The molecule has 1 aliphatic heterocycles. The van der Waals surface area contributed by atoms with Gasteiger partial charge in [0.1, 0.15) is 16.7 Å². The maximum atomic E-state index is 15.3. The lowest BCUT2D eigenvalue weighted by Crippen LogP contribution is -2.46. The van der Waals surface area contributed by atoms with E-state index in [-0.39, 0.29) is 34.6 Å². The molecular formula is C27H25FN6O4S. The van der Waals surface area contributed by atoms with E-state index in [2.05, 4.69) is 14.7 Å². The highest BCUT2D eigenvalue weighted by Crippen LogP contribution is 2.35. The number of amides is 3. The first-order valence-corrected chi connectivity index (χ1v) is 13.0. The number of halogens is 1. The molecule has 1 fully saturated rings. The van der Waals surface area contributed by atoms with Gasteiger partial charge in [-0.3, -0.25) is 24.3 Å². The van der Waals surface area contributed by atoms with Crippen LogP contribution in [0.3, 0.4) is 0 Å². The van der Waals surface area contributed by atoms with Gasteiger partial charge >= 0.3 is 0 Å². The van der Waals surface area contributed by atoms with E-state index in [9.17, 15) is 14.4 Å². The average molecular weight is 549 g/mol. The molecule has 2 atom stereocenters. The van der Waals surface area contributed by atoms with E-state index in [1.54, 1.807) is 36.5 Å². The molecule has 10 nitrogen and oxygen atoms in total. The predicted octanol–water partition coefficient (Wildman–Crippen LogP) is 3.19. The summed E-state index contributed by atoms with van der Waals surface area (Å²) in [4.78, 5) is 44.9. The normalized spacial score (nSPS) is 15.7. The molecule has 12 heteroatoms. The molecule has 0 spiro atoms. The number of ether oxygens (including phenoxy) is 1. The van der Waals surface area contributed by atoms with Crippen molar-refractivity contribution in [1.82, 2.24) is 14.7 Å². The molecule has 0 unspecified atom stereocenters. The van der Waals surface area contributed by atoms with E-state index in [0.29, 0.717) is 29.2 Å². The first kappa shape index (κ1) is 26.2. The number of pyridine rings is 1. The number of aromatic nitrogens is 2. The summed E-state index contributed by atoms with van der Waals surface area (Å²) in [6.07, 6.45) is 3.15. The molecule has 5 rings (SSSR count). The molecular weight excluding hydrogens is 523 g/mol. The Hall–Kier alpha value is -4.42. The van der Waals surface area contributed by atoms with Gasteiger partial charge in [-0.05, 0) is 60.3 Å². The standard InChI is InChI=1S/C27H25FN6O4S/c28-18-7-1-2-8-20(18)34(27(37)24-21(29)22(25(30)35)33-39-24)23(26(36)32-14-17-6-4-12-38-17)16-9-10-19-15(13-16)5-3-11-31-19/h1-3,5,7-11,13,17,23H,4,6,12,14,29H2,(H2,30,35)(H,32,36)/t17-,23-/m0/s1. The summed E-state index contributed by atoms with van der Waals surface area (Å²) in [5.41, 5.74) is 11.9. The molecule has 2 aromatic heterocycles. The van der Waals surface area contributed by atoms with Gasteiger partial charge in [0.15, 0.2) is 5.69 Å². The number of nitrogens with two attached hydrogens (primary N) is 2. The van der Waals surface area contributed by atoms with E-state index >= 15 is 4.39 Å². The van der Waals surface area contributed by atoms with Gasteiger partial charge in [-0.1, -0.05) is 24.3 Å². The van der Waals surface area contributed by atoms with Gasteiger partial charge in [0.25, 0.3) is 11.8 Å². The van der Waals surface area contributed by atoms with Crippen molar-refractivity contribution in [3.05, 3.63) is 82.7 Å². The van der Waals surface area contributed by atoms with Crippen molar-refractivity contribution in [2.75, 3.05) is 23.8 Å². The number of nitrogens with one attached hydrogen (secondary N) is 1. The molecule has 0 aliphatic carbocycles. The summed E-state index contributed by atoms with van der Waals surface area (Å²) >= 11 is 0.651. The van der Waals surface area contributed by atoms with Gasteiger partial charge in [-0.25, -0.2) is 4.39 Å². The molecule has 2 aromatic carbocycles. The van der Waals surface area contributed by atoms with Crippen LogP contribution in [0.15, 0.2) is 60.8 Å². The van der Waals surface area contributed by atoms with E-state index in [4.69, 9.17) is 16.2 Å². The van der Waals surface area contributed by atoms with Crippen LogP contribution in [0.1, 0.15) is 44.6 Å². The van der Waals surface area contributed by atoms with Crippen molar-refractivity contribution in [2.24, 2.45) is 5.73 Å². The number of anilines is 2. The summed E-state index contributed by atoms with van der Waals surface area (Å²) in [7, 11) is 0. The molecule has 5 N–H and O–H groups in total. The van der Waals surface area contributed by atoms with Gasteiger partial charge in [-0.15, -0.1) is 0 Å². The maximum absolute atomic E-state index is 15.3. The predicted molar refractivity (Wildman–Crippen MR) is 145 cm³/mol. The Morgan fingerprint density at radius 1 is 1.18 bits per heavy atom. The molecule has 4 aromatic rings. The van der Waals surface area contributed by atoms with E-state index in [1.807, 2.05) is 6.07 Å². The number of nitrogens with zero attached hydrogens (tertiary/aromatic N) is 3. The smallest absolute Gasteiger partial charge is 0.273 e. The largest absolute Gasteiger partial charge is 0.395 e. The number of primary amides is 1. The van der Waals surface area contributed by atoms with Crippen LogP contribution in [0, 0.1) is 5.82 Å². The lowest BCUT2D eigenvalue weighted by atomic mass is 10.00. The second-order valence-corrected chi connectivity index (χ2v) is 9.78. The van der Waals surface area contributed by atoms with Gasteiger partial charge in [0.2, 0.25) is 5.91 Å². The number of hydrogen-bond acceptors (Lipinski definition) is 8. The van der Waals surface area contributed by atoms with Crippen molar-refractivity contribution in [3.63, 3.8) is 0 Å². The first-order valence-electron chi connectivity index (χ1n) is 12.2. The monoisotopic (exact) mass is 548 g/mol. The number of carbonyl (C=O) groups is 3. The number of para-hydroxylation sites is 1. The van der Waals surface area contributed by atoms with Crippen LogP contribution in [0.5, 0.6) is 0 Å². The maximum Gasteiger partial charge on any atom is 0.273 e. The quantitative estimate of drug-likeness (QED) is 0.306. The van der Waals surface area contributed by atoms with Crippen LogP contribution >= 0.6 is 11.5 Å². The third-order valence-electron chi connectivity index (χ3n) is 6.46. The van der Waals surface area contributed by atoms with Gasteiger partial charge in [0.05, 0.1) is 23.0 Å². The van der Waals surface area contributed by atoms with Crippen molar-refractivity contribution < 1.29 is 23.5 Å². The Labute approximate surface area is 226 Å². The van der Waals surface area contributed by atoms with E-state index in [0.717, 1.165) is 23.1 Å². The number of benzene rings is 2. The average Bonchev–Trinajstić information content (AvgIpc) is 3.60. The van der Waals surface area contributed by atoms with Crippen LogP contribution in [0.4, 0.5) is 15.8 Å². The topological polar surface area (TPSA) is 154 Å². The number of carbonyl (C=O) groups excluding carboxylic acids is 3. The zero-order valence-corrected chi connectivity index (χ0v) is 21.5. The molecule has 1 saturated heterocycles.